The van der Waals surface area contributed by atoms with Gasteiger partial charge in [0.15, 0.2) is 5.82 Å². The lowest BCUT2D eigenvalue weighted by Gasteiger charge is -2.34. The Bertz CT molecular complexity index is 791. The van der Waals surface area contributed by atoms with Gasteiger partial charge in [-0.15, -0.1) is 5.10 Å². The van der Waals surface area contributed by atoms with E-state index in [4.69, 9.17) is 9.72 Å². The van der Waals surface area contributed by atoms with Gasteiger partial charge in [-0.05, 0) is 25.0 Å². The Hall–Kier alpha value is -2.90. The monoisotopic (exact) mass is 354 g/mol. The maximum Gasteiger partial charge on any atom is 0.409 e. The van der Waals surface area contributed by atoms with Gasteiger partial charge < -0.3 is 19.4 Å². The third-order valence-corrected chi connectivity index (χ3v) is 4.79. The van der Waals surface area contributed by atoms with E-state index in [1.807, 2.05) is 13.0 Å². The van der Waals surface area contributed by atoms with Gasteiger partial charge in [-0.1, -0.05) is 18.2 Å². The number of benzene rings is 1. The molecule has 1 amide bonds. The molecule has 0 spiro atoms. The van der Waals surface area contributed by atoms with E-state index in [2.05, 4.69) is 38.2 Å². The number of hydrogen-bond donors (Lipinski definition) is 0. The number of anilines is 3. The van der Waals surface area contributed by atoms with Crippen LogP contribution in [-0.2, 0) is 11.2 Å². The highest BCUT2D eigenvalue weighted by Crippen LogP contribution is 2.33. The maximum atomic E-state index is 11.8. The lowest BCUT2D eigenvalue weighted by molar-refractivity contribution is 0.105. The molecule has 0 radical (unpaired) electrons. The van der Waals surface area contributed by atoms with Crippen molar-refractivity contribution in [2.24, 2.45) is 0 Å². The normalized spacial score (nSPS) is 16.6. The van der Waals surface area contributed by atoms with Gasteiger partial charge in [0.2, 0.25) is 5.95 Å². The smallest absolute Gasteiger partial charge is 0.409 e. The average Bonchev–Trinajstić information content (AvgIpc) is 3.13. The molecule has 8 heteroatoms. The van der Waals surface area contributed by atoms with Crippen molar-refractivity contribution in [1.29, 1.82) is 0 Å². The summed E-state index contributed by atoms with van der Waals surface area (Å²) in [7, 11) is 0. The van der Waals surface area contributed by atoms with Crippen LogP contribution < -0.4 is 9.80 Å². The quantitative estimate of drug-likeness (QED) is 0.832. The van der Waals surface area contributed by atoms with Gasteiger partial charge in [0.1, 0.15) is 0 Å². The van der Waals surface area contributed by atoms with Gasteiger partial charge in [0, 0.05) is 38.4 Å². The number of rotatable bonds is 3. The standard InChI is InChI=1S/C18H22N6O2/c1-2-26-18(25)23-11-9-22(10-12-23)17-20-16(13-19-21-17)24-8-7-14-5-3-4-6-15(14)24/h3-6,13H,2,7-12H2,1H3. The second kappa shape index (κ2) is 7.15. The Morgan fingerprint density at radius 2 is 1.96 bits per heavy atom. The van der Waals surface area contributed by atoms with Gasteiger partial charge in [-0.25, -0.2) is 4.79 Å². The van der Waals surface area contributed by atoms with Crippen LogP contribution in [0.1, 0.15) is 12.5 Å². The molecule has 0 aliphatic carbocycles. The van der Waals surface area contributed by atoms with Crippen molar-refractivity contribution in [2.75, 3.05) is 49.1 Å². The Labute approximate surface area is 152 Å². The lowest BCUT2D eigenvalue weighted by Crippen LogP contribution is -2.49. The van der Waals surface area contributed by atoms with Crippen LogP contribution in [0.4, 0.5) is 22.2 Å². The summed E-state index contributed by atoms with van der Waals surface area (Å²) in [5.41, 5.74) is 2.52. The molecule has 1 fully saturated rings. The molecule has 0 unspecified atom stereocenters. The fourth-order valence-electron chi connectivity index (χ4n) is 3.43. The first-order valence-electron chi connectivity index (χ1n) is 8.98. The molecule has 2 aliphatic rings. The Kier molecular flexibility index (Phi) is 4.55. The van der Waals surface area contributed by atoms with Crippen LogP contribution in [0.15, 0.2) is 30.5 Å². The number of para-hydroxylation sites is 1. The van der Waals surface area contributed by atoms with Gasteiger partial charge in [-0.2, -0.15) is 10.1 Å². The SMILES string of the molecule is CCOC(=O)N1CCN(c2nncc(N3CCc4ccccc43)n2)CC1. The summed E-state index contributed by atoms with van der Waals surface area (Å²) in [6, 6.07) is 8.37. The number of piperazine rings is 1. The number of carbonyl (C=O) groups excluding carboxylic acids is 1. The van der Waals surface area contributed by atoms with Crippen molar-refractivity contribution in [3.63, 3.8) is 0 Å². The number of hydrogen-bond acceptors (Lipinski definition) is 7. The van der Waals surface area contributed by atoms with Crippen LogP contribution in [0.25, 0.3) is 0 Å². The van der Waals surface area contributed by atoms with E-state index in [0.29, 0.717) is 38.7 Å². The molecule has 1 saturated heterocycles. The largest absolute Gasteiger partial charge is 0.450 e. The van der Waals surface area contributed by atoms with E-state index < -0.39 is 0 Å². The predicted octanol–water partition coefficient (Wildman–Crippen LogP) is 1.84. The summed E-state index contributed by atoms with van der Waals surface area (Å²) in [5.74, 6) is 1.42. The number of carbonyl (C=O) groups is 1. The highest BCUT2D eigenvalue weighted by molar-refractivity contribution is 5.68. The second-order valence-corrected chi connectivity index (χ2v) is 6.32. The highest BCUT2D eigenvalue weighted by Gasteiger charge is 2.25. The third-order valence-electron chi connectivity index (χ3n) is 4.79. The molecule has 0 N–H and O–H groups in total. The van der Waals surface area contributed by atoms with Crippen LogP contribution in [0.3, 0.4) is 0 Å². The van der Waals surface area contributed by atoms with E-state index >= 15 is 0 Å². The topological polar surface area (TPSA) is 74.7 Å². The van der Waals surface area contributed by atoms with Crippen molar-refractivity contribution in [1.82, 2.24) is 20.1 Å². The number of fused-ring (bicyclic) bond motifs is 1. The van der Waals surface area contributed by atoms with E-state index in [1.54, 1.807) is 11.1 Å². The number of amides is 1. The Morgan fingerprint density at radius 3 is 2.77 bits per heavy atom. The van der Waals surface area contributed by atoms with Gasteiger partial charge in [0.25, 0.3) is 0 Å². The number of aromatic nitrogens is 3. The fourth-order valence-corrected chi connectivity index (χ4v) is 3.43. The van der Waals surface area contributed by atoms with Crippen LogP contribution in [0.2, 0.25) is 0 Å². The van der Waals surface area contributed by atoms with Crippen LogP contribution in [0.5, 0.6) is 0 Å². The molecule has 4 rings (SSSR count). The molecule has 0 saturated carbocycles. The van der Waals surface area contributed by atoms with E-state index in [9.17, 15) is 4.79 Å². The van der Waals surface area contributed by atoms with Crippen molar-refractivity contribution < 1.29 is 9.53 Å². The molecule has 0 bridgehead atoms. The molecule has 0 atom stereocenters. The molecule has 8 nitrogen and oxygen atoms in total. The van der Waals surface area contributed by atoms with E-state index in [0.717, 1.165) is 18.8 Å². The fraction of sp³-hybridized carbons (Fsp3) is 0.444. The third kappa shape index (κ3) is 3.14. The highest BCUT2D eigenvalue weighted by atomic mass is 16.6. The summed E-state index contributed by atoms with van der Waals surface area (Å²) in [6.45, 7) is 5.63. The summed E-state index contributed by atoms with van der Waals surface area (Å²) < 4.78 is 5.06. The van der Waals surface area contributed by atoms with Crippen molar-refractivity contribution in [2.45, 2.75) is 13.3 Å². The zero-order valence-electron chi connectivity index (χ0n) is 14.8. The van der Waals surface area contributed by atoms with Crippen molar-refractivity contribution in [3.05, 3.63) is 36.0 Å². The van der Waals surface area contributed by atoms with E-state index in [-0.39, 0.29) is 6.09 Å². The van der Waals surface area contributed by atoms with Crippen LogP contribution in [-0.4, -0.2) is 65.5 Å². The molecule has 26 heavy (non-hydrogen) atoms. The molecule has 2 aromatic rings. The molecule has 1 aromatic carbocycles. The minimum atomic E-state index is -0.256. The summed E-state index contributed by atoms with van der Waals surface area (Å²) >= 11 is 0. The molecular formula is C18H22N6O2. The molecule has 1 aromatic heterocycles. The Morgan fingerprint density at radius 1 is 1.15 bits per heavy atom. The molecular weight excluding hydrogens is 332 g/mol. The number of ether oxygens (including phenoxy) is 1. The molecule has 136 valence electrons. The summed E-state index contributed by atoms with van der Waals surface area (Å²) in [4.78, 5) is 22.5. The van der Waals surface area contributed by atoms with Gasteiger partial charge >= 0.3 is 6.09 Å². The first-order chi connectivity index (χ1) is 12.8. The maximum absolute atomic E-state index is 11.8. The van der Waals surface area contributed by atoms with Gasteiger partial charge in [-0.3, -0.25) is 0 Å². The zero-order valence-corrected chi connectivity index (χ0v) is 14.8. The van der Waals surface area contributed by atoms with Crippen molar-refractivity contribution >= 4 is 23.5 Å². The van der Waals surface area contributed by atoms with Crippen LogP contribution >= 0.6 is 0 Å². The minimum Gasteiger partial charge on any atom is -0.450 e. The molecule has 3 heterocycles. The second-order valence-electron chi connectivity index (χ2n) is 6.32. The summed E-state index contributed by atoms with van der Waals surface area (Å²) in [5, 5.41) is 8.36. The van der Waals surface area contributed by atoms with Crippen molar-refractivity contribution in [3.8, 4) is 0 Å². The van der Waals surface area contributed by atoms with Gasteiger partial charge in [0.05, 0.1) is 12.8 Å². The molecule has 2 aliphatic heterocycles. The lowest BCUT2D eigenvalue weighted by atomic mass is 10.2. The first kappa shape index (κ1) is 16.6. The minimum absolute atomic E-state index is 0.256. The zero-order chi connectivity index (χ0) is 17.9. The van der Waals surface area contributed by atoms with E-state index in [1.165, 1.54) is 11.3 Å². The predicted molar refractivity (Wildman–Crippen MR) is 97.8 cm³/mol. The number of nitrogens with zero attached hydrogens (tertiary/aromatic N) is 6. The average molecular weight is 354 g/mol. The summed E-state index contributed by atoms with van der Waals surface area (Å²) in [6.07, 6.45) is 2.46. The Balaban J connectivity index is 1.47. The first-order valence-corrected chi connectivity index (χ1v) is 8.98. The van der Waals surface area contributed by atoms with Crippen LogP contribution in [0, 0.1) is 0 Å².